The van der Waals surface area contributed by atoms with E-state index in [2.05, 4.69) is 5.32 Å². The first kappa shape index (κ1) is 21.4. The summed E-state index contributed by atoms with van der Waals surface area (Å²) in [5.41, 5.74) is 5.69. The normalized spacial score (nSPS) is 14.9. The minimum Gasteiger partial charge on any atom is -0.462 e. The van der Waals surface area contributed by atoms with Crippen LogP contribution in [0.15, 0.2) is 11.4 Å². The van der Waals surface area contributed by atoms with E-state index in [1.165, 1.54) is 43.4 Å². The molecule has 0 spiro atoms. The molecule has 1 heterocycles. The van der Waals surface area contributed by atoms with E-state index in [-0.39, 0.29) is 25.6 Å². The van der Waals surface area contributed by atoms with Crippen molar-refractivity contribution in [2.75, 3.05) is 31.6 Å². The number of nitrogens with one attached hydrogen (secondary N) is 1. The molecular formula is C19H29N3O4S. The molecule has 0 aromatic carbocycles. The van der Waals surface area contributed by atoms with Crippen molar-refractivity contribution in [2.24, 2.45) is 11.7 Å². The molecule has 1 aliphatic rings. The third-order valence-electron chi connectivity index (χ3n) is 4.74. The van der Waals surface area contributed by atoms with Gasteiger partial charge in [0.1, 0.15) is 5.00 Å². The molecule has 150 valence electrons. The van der Waals surface area contributed by atoms with Gasteiger partial charge >= 0.3 is 5.97 Å². The maximum Gasteiger partial charge on any atom is 0.341 e. The smallest absolute Gasteiger partial charge is 0.341 e. The molecule has 0 radical (unpaired) electrons. The number of esters is 1. The number of ether oxygens (including phenoxy) is 1. The van der Waals surface area contributed by atoms with Crippen molar-refractivity contribution in [3.63, 3.8) is 0 Å². The number of hydrogen-bond donors (Lipinski definition) is 2. The maximum absolute atomic E-state index is 12.4. The van der Waals surface area contributed by atoms with E-state index < -0.39 is 11.9 Å². The Kier molecular flexibility index (Phi) is 8.74. The zero-order chi connectivity index (χ0) is 19.6. The number of thiophene rings is 1. The van der Waals surface area contributed by atoms with Crippen LogP contribution < -0.4 is 11.1 Å². The molecule has 0 saturated heterocycles. The first-order valence-electron chi connectivity index (χ1n) is 9.54. The first-order chi connectivity index (χ1) is 13.0. The van der Waals surface area contributed by atoms with Crippen molar-refractivity contribution in [1.29, 1.82) is 0 Å². The highest BCUT2D eigenvalue weighted by Crippen LogP contribution is 2.26. The van der Waals surface area contributed by atoms with Gasteiger partial charge in [0, 0.05) is 0 Å². The standard InChI is InChI=1S/C19H29N3O4S/c1-2-26-19(25)15-9-11-27-18(15)21-17(24)13-22(12-16(20)23)10-8-14-6-4-3-5-7-14/h9,11,14H,2-8,10,12-13H2,1H3,(H2,20,23)(H,21,24). The molecule has 0 atom stereocenters. The van der Waals surface area contributed by atoms with E-state index in [0.29, 0.717) is 23.0 Å². The van der Waals surface area contributed by atoms with Gasteiger partial charge in [0.15, 0.2) is 0 Å². The van der Waals surface area contributed by atoms with E-state index in [1.807, 2.05) is 0 Å². The Morgan fingerprint density at radius 1 is 1.26 bits per heavy atom. The molecule has 27 heavy (non-hydrogen) atoms. The SMILES string of the molecule is CCOC(=O)c1ccsc1NC(=O)CN(CCC1CCCCC1)CC(N)=O. The average molecular weight is 396 g/mol. The van der Waals surface area contributed by atoms with Crippen LogP contribution in [0.2, 0.25) is 0 Å². The highest BCUT2D eigenvalue weighted by molar-refractivity contribution is 7.14. The Hall–Kier alpha value is -1.93. The van der Waals surface area contributed by atoms with E-state index in [4.69, 9.17) is 10.5 Å². The lowest BCUT2D eigenvalue weighted by Crippen LogP contribution is -2.40. The van der Waals surface area contributed by atoms with Gasteiger partial charge in [-0.15, -0.1) is 11.3 Å². The van der Waals surface area contributed by atoms with Crippen molar-refractivity contribution in [2.45, 2.75) is 45.4 Å². The van der Waals surface area contributed by atoms with Crippen LogP contribution in [0.3, 0.4) is 0 Å². The van der Waals surface area contributed by atoms with Crippen LogP contribution in [0.4, 0.5) is 5.00 Å². The topological polar surface area (TPSA) is 102 Å². The Morgan fingerprint density at radius 3 is 2.67 bits per heavy atom. The number of carbonyl (C=O) groups excluding carboxylic acids is 3. The summed E-state index contributed by atoms with van der Waals surface area (Å²) in [6.07, 6.45) is 7.22. The van der Waals surface area contributed by atoms with Gasteiger partial charge in [-0.1, -0.05) is 32.1 Å². The largest absolute Gasteiger partial charge is 0.462 e. The molecule has 1 saturated carbocycles. The number of rotatable bonds is 10. The molecule has 2 amide bonds. The van der Waals surface area contributed by atoms with Crippen molar-refractivity contribution in [1.82, 2.24) is 4.90 Å². The fourth-order valence-electron chi connectivity index (χ4n) is 3.42. The van der Waals surface area contributed by atoms with Crippen LogP contribution in [0.5, 0.6) is 0 Å². The first-order valence-corrected chi connectivity index (χ1v) is 10.4. The minimum atomic E-state index is -0.458. The number of anilines is 1. The number of carbonyl (C=O) groups is 3. The van der Waals surface area contributed by atoms with E-state index in [0.717, 1.165) is 6.42 Å². The summed E-state index contributed by atoms with van der Waals surface area (Å²) in [6, 6.07) is 1.63. The van der Waals surface area contributed by atoms with E-state index >= 15 is 0 Å². The number of nitrogens with two attached hydrogens (primary N) is 1. The van der Waals surface area contributed by atoms with Gasteiger partial charge in [0.2, 0.25) is 11.8 Å². The third kappa shape index (κ3) is 7.30. The Balaban J connectivity index is 1.90. The predicted molar refractivity (Wildman–Crippen MR) is 106 cm³/mol. The molecule has 7 nitrogen and oxygen atoms in total. The number of amides is 2. The van der Waals surface area contributed by atoms with Gasteiger partial charge in [-0.25, -0.2) is 4.79 Å². The monoisotopic (exact) mass is 395 g/mol. The summed E-state index contributed by atoms with van der Waals surface area (Å²) in [6.45, 7) is 2.79. The zero-order valence-electron chi connectivity index (χ0n) is 15.9. The van der Waals surface area contributed by atoms with Gasteiger partial charge in [0.05, 0.1) is 25.3 Å². The number of nitrogens with zero attached hydrogens (tertiary/aromatic N) is 1. The zero-order valence-corrected chi connectivity index (χ0v) is 16.7. The summed E-state index contributed by atoms with van der Waals surface area (Å²) >= 11 is 1.27. The van der Waals surface area contributed by atoms with E-state index in [1.54, 1.807) is 23.3 Å². The molecular weight excluding hydrogens is 366 g/mol. The molecule has 1 aliphatic carbocycles. The Morgan fingerprint density at radius 2 is 2.00 bits per heavy atom. The Bertz CT molecular complexity index is 641. The third-order valence-corrected chi connectivity index (χ3v) is 5.57. The molecule has 3 N–H and O–H groups in total. The summed E-state index contributed by atoms with van der Waals surface area (Å²) < 4.78 is 4.99. The average Bonchev–Trinajstić information content (AvgIpc) is 3.08. The molecule has 0 bridgehead atoms. The van der Waals surface area contributed by atoms with Crippen LogP contribution in [-0.4, -0.2) is 48.9 Å². The highest BCUT2D eigenvalue weighted by Gasteiger charge is 2.20. The van der Waals surface area contributed by atoms with Crippen LogP contribution in [0.25, 0.3) is 0 Å². The summed E-state index contributed by atoms with van der Waals surface area (Å²) in [7, 11) is 0. The second-order valence-electron chi connectivity index (χ2n) is 6.90. The van der Waals surface area contributed by atoms with Crippen LogP contribution in [0.1, 0.15) is 55.8 Å². The van der Waals surface area contributed by atoms with E-state index in [9.17, 15) is 14.4 Å². The lowest BCUT2D eigenvalue weighted by atomic mass is 9.87. The van der Waals surface area contributed by atoms with Gasteiger partial charge in [-0.3, -0.25) is 14.5 Å². The molecule has 1 fully saturated rings. The van der Waals surface area contributed by atoms with Crippen molar-refractivity contribution >= 4 is 34.1 Å². The van der Waals surface area contributed by atoms with Crippen molar-refractivity contribution in [3.8, 4) is 0 Å². The van der Waals surface area contributed by atoms with Gasteiger partial charge in [0.25, 0.3) is 0 Å². The second kappa shape index (κ2) is 11.0. The van der Waals surface area contributed by atoms with Gasteiger partial charge in [-0.05, 0) is 37.3 Å². The van der Waals surface area contributed by atoms with Crippen molar-refractivity contribution in [3.05, 3.63) is 17.0 Å². The molecule has 0 aliphatic heterocycles. The molecule has 8 heteroatoms. The molecule has 1 aromatic heterocycles. The number of primary amides is 1. The maximum atomic E-state index is 12.4. The summed E-state index contributed by atoms with van der Waals surface area (Å²) in [5.74, 6) is -0.520. The lowest BCUT2D eigenvalue weighted by Gasteiger charge is -2.26. The van der Waals surface area contributed by atoms with Crippen LogP contribution in [0, 0.1) is 5.92 Å². The van der Waals surface area contributed by atoms with Crippen LogP contribution in [-0.2, 0) is 14.3 Å². The molecule has 1 aromatic rings. The van der Waals surface area contributed by atoms with Gasteiger partial charge in [-0.2, -0.15) is 0 Å². The van der Waals surface area contributed by atoms with Crippen molar-refractivity contribution < 1.29 is 19.1 Å². The van der Waals surface area contributed by atoms with Gasteiger partial charge < -0.3 is 15.8 Å². The molecule has 2 rings (SSSR count). The summed E-state index contributed by atoms with van der Waals surface area (Å²) in [4.78, 5) is 37.5. The quantitative estimate of drug-likeness (QED) is 0.593. The Labute approximate surface area is 164 Å². The molecule has 0 unspecified atom stereocenters. The number of hydrogen-bond acceptors (Lipinski definition) is 6. The summed E-state index contributed by atoms with van der Waals surface area (Å²) in [5, 5.41) is 4.95. The van der Waals surface area contributed by atoms with Crippen LogP contribution >= 0.6 is 11.3 Å². The predicted octanol–water partition coefficient (Wildman–Crippen LogP) is 2.62. The lowest BCUT2D eigenvalue weighted by molar-refractivity contribution is -0.121. The fourth-order valence-corrected chi connectivity index (χ4v) is 4.21. The fraction of sp³-hybridized carbons (Fsp3) is 0.632. The minimum absolute atomic E-state index is 0.0509. The second-order valence-corrected chi connectivity index (χ2v) is 7.82. The highest BCUT2D eigenvalue weighted by atomic mass is 32.1.